The Balaban J connectivity index is 1.39. The van der Waals surface area contributed by atoms with Gasteiger partial charge in [-0.15, -0.1) is 0 Å². The number of non-ortho nitro benzene ring substituents is 1. The molecule has 2 aromatic heterocycles. The van der Waals surface area contributed by atoms with Crippen molar-refractivity contribution in [2.24, 2.45) is 5.10 Å². The predicted molar refractivity (Wildman–Crippen MR) is 134 cm³/mol. The first-order valence-corrected chi connectivity index (χ1v) is 11.3. The third-order valence-electron chi connectivity index (χ3n) is 5.02. The van der Waals surface area contributed by atoms with Crippen molar-refractivity contribution in [3.63, 3.8) is 0 Å². The van der Waals surface area contributed by atoms with Crippen molar-refractivity contribution < 1.29 is 9.34 Å². The zero-order valence-electron chi connectivity index (χ0n) is 18.1. The van der Waals surface area contributed by atoms with Crippen molar-refractivity contribution in [1.82, 2.24) is 9.55 Å². The Kier molecular flexibility index (Phi) is 6.10. The molecule has 0 aliphatic rings. The number of hydrazone groups is 1. The summed E-state index contributed by atoms with van der Waals surface area (Å²) in [6.45, 7) is 0. The number of hydrogen-bond acceptors (Lipinski definition) is 8. The first kappa shape index (κ1) is 22.1. The monoisotopic (exact) mass is 483 g/mol. The molecule has 0 amide bonds. The van der Waals surface area contributed by atoms with E-state index in [0.29, 0.717) is 38.3 Å². The van der Waals surface area contributed by atoms with Crippen LogP contribution in [0.4, 0.5) is 11.4 Å². The molecule has 9 nitrogen and oxygen atoms in total. The molecule has 3 aromatic carbocycles. The Morgan fingerprint density at radius 1 is 0.971 bits per heavy atom. The fourth-order valence-corrected chi connectivity index (χ4v) is 4.24. The van der Waals surface area contributed by atoms with Gasteiger partial charge in [-0.3, -0.25) is 24.9 Å². The second-order valence-corrected chi connectivity index (χ2v) is 8.29. The minimum atomic E-state index is -0.462. The lowest BCUT2D eigenvalue weighted by molar-refractivity contribution is -0.384. The van der Waals surface area contributed by atoms with Gasteiger partial charge in [0.1, 0.15) is 5.76 Å². The summed E-state index contributed by atoms with van der Waals surface area (Å²) in [5.41, 5.74) is 4.55. The second-order valence-electron chi connectivity index (χ2n) is 7.32. The Hall–Kier alpha value is -4.70. The molecule has 0 atom stereocenters. The maximum Gasteiger partial charge on any atom is 0.269 e. The first-order chi connectivity index (χ1) is 17.1. The topological polar surface area (TPSA) is 116 Å². The van der Waals surface area contributed by atoms with Gasteiger partial charge in [-0.25, -0.2) is 4.98 Å². The van der Waals surface area contributed by atoms with E-state index >= 15 is 0 Å². The van der Waals surface area contributed by atoms with E-state index in [1.807, 2.05) is 42.5 Å². The van der Waals surface area contributed by atoms with E-state index in [1.54, 1.807) is 41.0 Å². The summed E-state index contributed by atoms with van der Waals surface area (Å²) in [5, 5.41) is 16.4. The summed E-state index contributed by atoms with van der Waals surface area (Å²) < 4.78 is 7.42. The molecule has 35 heavy (non-hydrogen) atoms. The SMILES string of the molecule is O=c1c2ccccc2nc(Sc2ccc(/C=N/Nc3ccc([N+](=O)[O-])cc3)o2)n1-c1ccccc1. The highest BCUT2D eigenvalue weighted by atomic mass is 32.2. The lowest BCUT2D eigenvalue weighted by Crippen LogP contribution is -2.21. The summed E-state index contributed by atoms with van der Waals surface area (Å²) in [6, 6.07) is 26.0. The largest absolute Gasteiger partial charge is 0.448 e. The molecule has 0 aliphatic carbocycles. The molecule has 0 radical (unpaired) electrons. The van der Waals surface area contributed by atoms with Crippen LogP contribution in [0.3, 0.4) is 0 Å². The van der Waals surface area contributed by atoms with Crippen LogP contribution >= 0.6 is 11.8 Å². The summed E-state index contributed by atoms with van der Waals surface area (Å²) in [7, 11) is 0. The van der Waals surface area contributed by atoms with E-state index in [-0.39, 0.29) is 11.2 Å². The normalized spacial score (nSPS) is 11.2. The number of benzene rings is 3. The highest BCUT2D eigenvalue weighted by Gasteiger charge is 2.15. The van der Waals surface area contributed by atoms with Crippen LogP contribution in [0.2, 0.25) is 0 Å². The summed E-state index contributed by atoms with van der Waals surface area (Å²) >= 11 is 1.23. The number of aromatic nitrogens is 2. The molecule has 5 aromatic rings. The Bertz CT molecular complexity index is 1590. The van der Waals surface area contributed by atoms with Crippen molar-refractivity contribution >= 4 is 40.3 Å². The van der Waals surface area contributed by atoms with Gasteiger partial charge < -0.3 is 4.42 Å². The van der Waals surface area contributed by atoms with E-state index in [9.17, 15) is 14.9 Å². The zero-order valence-corrected chi connectivity index (χ0v) is 18.9. The van der Waals surface area contributed by atoms with Crippen molar-refractivity contribution in [1.29, 1.82) is 0 Å². The highest BCUT2D eigenvalue weighted by molar-refractivity contribution is 7.99. The minimum Gasteiger partial charge on any atom is -0.448 e. The number of para-hydroxylation sites is 2. The van der Waals surface area contributed by atoms with Gasteiger partial charge in [0, 0.05) is 12.1 Å². The Morgan fingerprint density at radius 2 is 1.71 bits per heavy atom. The number of nitrogens with zero attached hydrogens (tertiary/aromatic N) is 4. The Labute approximate surface area is 202 Å². The second kappa shape index (κ2) is 9.65. The van der Waals surface area contributed by atoms with Gasteiger partial charge in [0.15, 0.2) is 10.2 Å². The molecule has 0 aliphatic heterocycles. The van der Waals surface area contributed by atoms with Crippen LogP contribution in [-0.4, -0.2) is 20.7 Å². The number of anilines is 1. The molecule has 0 bridgehead atoms. The molecular formula is C25H17N5O4S. The molecule has 0 fully saturated rings. The molecule has 1 N–H and O–H groups in total. The van der Waals surface area contributed by atoms with E-state index in [4.69, 9.17) is 9.40 Å². The van der Waals surface area contributed by atoms with Crippen molar-refractivity contribution in [3.8, 4) is 5.69 Å². The van der Waals surface area contributed by atoms with Crippen LogP contribution in [0.5, 0.6) is 0 Å². The molecular weight excluding hydrogens is 466 g/mol. The van der Waals surface area contributed by atoms with Crippen molar-refractivity contribution in [3.05, 3.63) is 117 Å². The third kappa shape index (κ3) is 4.82. The quantitative estimate of drug-likeness (QED) is 0.141. The summed E-state index contributed by atoms with van der Waals surface area (Å²) in [5.74, 6) is 0.483. The van der Waals surface area contributed by atoms with Crippen LogP contribution in [-0.2, 0) is 0 Å². The zero-order chi connectivity index (χ0) is 24.2. The lowest BCUT2D eigenvalue weighted by atomic mass is 10.2. The number of nitrogens with one attached hydrogen (secondary N) is 1. The number of hydrogen-bond donors (Lipinski definition) is 1. The van der Waals surface area contributed by atoms with Gasteiger partial charge in [-0.1, -0.05) is 30.3 Å². The molecule has 10 heteroatoms. The molecule has 5 rings (SSSR count). The number of nitro benzene ring substituents is 1. The number of nitro groups is 1. The highest BCUT2D eigenvalue weighted by Crippen LogP contribution is 2.29. The van der Waals surface area contributed by atoms with Crippen LogP contribution in [0.25, 0.3) is 16.6 Å². The van der Waals surface area contributed by atoms with Crippen molar-refractivity contribution in [2.45, 2.75) is 10.2 Å². The Morgan fingerprint density at radius 3 is 2.49 bits per heavy atom. The van der Waals surface area contributed by atoms with Crippen LogP contribution < -0.4 is 11.0 Å². The molecule has 0 saturated heterocycles. The fraction of sp³-hybridized carbons (Fsp3) is 0. The smallest absolute Gasteiger partial charge is 0.269 e. The maximum absolute atomic E-state index is 13.3. The number of furan rings is 1. The number of fused-ring (bicyclic) bond motifs is 1. The van der Waals surface area contributed by atoms with Gasteiger partial charge in [0.05, 0.1) is 33.4 Å². The molecule has 0 saturated carbocycles. The average Bonchev–Trinajstić information content (AvgIpc) is 3.32. The average molecular weight is 484 g/mol. The van der Waals surface area contributed by atoms with Gasteiger partial charge in [-0.05, 0) is 60.3 Å². The van der Waals surface area contributed by atoms with Crippen LogP contribution in [0.1, 0.15) is 5.76 Å². The third-order valence-corrected chi connectivity index (χ3v) is 5.89. The standard InChI is InChI=1S/C25H17N5O4S/c31-24-21-8-4-5-9-22(21)27-25(29(24)18-6-2-1-3-7-18)35-23-15-14-20(34-23)16-26-28-17-10-12-19(13-11-17)30(32)33/h1-16,28H/b26-16+. The lowest BCUT2D eigenvalue weighted by Gasteiger charge is -2.12. The van der Waals surface area contributed by atoms with Gasteiger partial charge in [0.25, 0.3) is 11.2 Å². The fourth-order valence-electron chi connectivity index (χ4n) is 3.36. The number of rotatable bonds is 7. The molecule has 0 spiro atoms. The van der Waals surface area contributed by atoms with Crippen LogP contribution in [0, 0.1) is 10.1 Å². The van der Waals surface area contributed by atoms with Crippen molar-refractivity contribution in [2.75, 3.05) is 5.43 Å². The van der Waals surface area contributed by atoms with Gasteiger partial charge in [-0.2, -0.15) is 5.10 Å². The molecule has 172 valence electrons. The predicted octanol–water partition coefficient (Wildman–Crippen LogP) is 5.48. The molecule has 0 unspecified atom stereocenters. The first-order valence-electron chi connectivity index (χ1n) is 10.5. The maximum atomic E-state index is 13.3. The minimum absolute atomic E-state index is 0.00325. The van der Waals surface area contributed by atoms with E-state index < -0.39 is 4.92 Å². The summed E-state index contributed by atoms with van der Waals surface area (Å²) in [6.07, 6.45) is 1.49. The van der Waals surface area contributed by atoms with Gasteiger partial charge >= 0.3 is 0 Å². The van der Waals surface area contributed by atoms with E-state index in [2.05, 4.69) is 10.5 Å². The van der Waals surface area contributed by atoms with E-state index in [0.717, 1.165) is 0 Å². The van der Waals surface area contributed by atoms with Crippen LogP contribution in [0.15, 0.2) is 116 Å². The summed E-state index contributed by atoms with van der Waals surface area (Å²) in [4.78, 5) is 28.3. The molecule has 2 heterocycles. The van der Waals surface area contributed by atoms with E-state index in [1.165, 1.54) is 30.1 Å². The van der Waals surface area contributed by atoms with Gasteiger partial charge in [0.2, 0.25) is 0 Å².